The topological polar surface area (TPSA) is 70.1 Å². The van der Waals surface area contributed by atoms with E-state index < -0.39 is 17.5 Å². The molecule has 21 heavy (non-hydrogen) atoms. The zero-order valence-corrected chi connectivity index (χ0v) is 13.8. The van der Waals surface area contributed by atoms with Crippen molar-refractivity contribution < 1.29 is 19.4 Å². The molecule has 1 rings (SSSR count). The molecule has 0 aromatic heterocycles. The van der Waals surface area contributed by atoms with E-state index in [1.54, 1.807) is 20.8 Å². The highest BCUT2D eigenvalue weighted by Gasteiger charge is 2.40. The van der Waals surface area contributed by atoms with Crippen molar-refractivity contribution in [1.82, 2.24) is 9.80 Å². The summed E-state index contributed by atoms with van der Waals surface area (Å²) in [7, 11) is 3.93. The second kappa shape index (κ2) is 7.33. The summed E-state index contributed by atoms with van der Waals surface area (Å²) in [4.78, 5) is 28.3. The minimum Gasteiger partial charge on any atom is -0.465 e. The molecule has 1 saturated heterocycles. The SMILES string of the molecule is CCOC(=O)C(C)(C)C(=O)CN1CC(O)CC1CN(C)C. The van der Waals surface area contributed by atoms with Gasteiger partial charge in [-0.25, -0.2) is 0 Å². The van der Waals surface area contributed by atoms with Gasteiger partial charge in [0.2, 0.25) is 0 Å². The number of hydrogen-bond donors (Lipinski definition) is 1. The molecule has 6 nitrogen and oxygen atoms in total. The van der Waals surface area contributed by atoms with Crippen LogP contribution in [-0.4, -0.2) is 79.1 Å². The van der Waals surface area contributed by atoms with E-state index in [-0.39, 0.29) is 25.0 Å². The summed E-state index contributed by atoms with van der Waals surface area (Å²) in [6.45, 7) is 6.61. The Morgan fingerprint density at radius 3 is 2.52 bits per heavy atom. The highest BCUT2D eigenvalue weighted by molar-refractivity contribution is 6.03. The molecule has 1 aliphatic rings. The lowest BCUT2D eigenvalue weighted by atomic mass is 9.87. The van der Waals surface area contributed by atoms with Crippen molar-refractivity contribution in [2.24, 2.45) is 5.41 Å². The van der Waals surface area contributed by atoms with Crippen LogP contribution in [0.25, 0.3) is 0 Å². The van der Waals surface area contributed by atoms with Gasteiger partial charge in [0, 0.05) is 19.1 Å². The molecule has 0 aliphatic carbocycles. The Morgan fingerprint density at radius 2 is 2.00 bits per heavy atom. The fourth-order valence-electron chi connectivity index (χ4n) is 2.57. The van der Waals surface area contributed by atoms with Gasteiger partial charge in [-0.05, 0) is 41.3 Å². The summed E-state index contributed by atoms with van der Waals surface area (Å²) < 4.78 is 4.97. The smallest absolute Gasteiger partial charge is 0.319 e. The van der Waals surface area contributed by atoms with E-state index in [4.69, 9.17) is 4.74 Å². The molecule has 0 aromatic carbocycles. The van der Waals surface area contributed by atoms with Gasteiger partial charge in [0.25, 0.3) is 0 Å². The number of esters is 1. The predicted molar refractivity (Wildman–Crippen MR) is 80.0 cm³/mol. The van der Waals surface area contributed by atoms with Crippen LogP contribution in [0.5, 0.6) is 0 Å². The monoisotopic (exact) mass is 300 g/mol. The third kappa shape index (κ3) is 4.76. The fraction of sp³-hybridized carbons (Fsp3) is 0.867. The van der Waals surface area contributed by atoms with Crippen molar-refractivity contribution in [3.8, 4) is 0 Å². The first-order chi connectivity index (χ1) is 9.68. The number of Topliss-reactive ketones (excluding diaryl/α,β-unsaturated/α-hetero) is 1. The molecular formula is C15H28N2O4. The van der Waals surface area contributed by atoms with Crippen LogP contribution in [0.1, 0.15) is 27.2 Å². The largest absolute Gasteiger partial charge is 0.465 e. The van der Waals surface area contributed by atoms with Crippen LogP contribution < -0.4 is 0 Å². The molecule has 1 N–H and O–H groups in total. The standard InChI is InChI=1S/C15H28N2O4/c1-6-21-14(20)15(2,3)13(19)10-17-9-12(18)7-11(17)8-16(4)5/h11-12,18H,6-10H2,1-5H3. The average molecular weight is 300 g/mol. The minimum atomic E-state index is -1.15. The fourth-order valence-corrected chi connectivity index (χ4v) is 2.57. The molecule has 1 aliphatic heterocycles. The lowest BCUT2D eigenvalue weighted by Gasteiger charge is -2.29. The number of ketones is 1. The normalized spacial score (nSPS) is 23.6. The quantitative estimate of drug-likeness (QED) is 0.533. The van der Waals surface area contributed by atoms with Crippen LogP contribution in [0.2, 0.25) is 0 Å². The van der Waals surface area contributed by atoms with Crippen molar-refractivity contribution in [3.63, 3.8) is 0 Å². The van der Waals surface area contributed by atoms with E-state index in [0.717, 1.165) is 6.54 Å². The number of ether oxygens (including phenoxy) is 1. The molecule has 0 amide bonds. The van der Waals surface area contributed by atoms with E-state index in [1.165, 1.54) is 0 Å². The molecule has 0 bridgehead atoms. The van der Waals surface area contributed by atoms with Crippen LogP contribution in [-0.2, 0) is 14.3 Å². The first-order valence-corrected chi connectivity index (χ1v) is 7.45. The van der Waals surface area contributed by atoms with Crippen molar-refractivity contribution in [1.29, 1.82) is 0 Å². The number of carbonyl (C=O) groups is 2. The Morgan fingerprint density at radius 1 is 1.38 bits per heavy atom. The molecule has 122 valence electrons. The number of aliphatic hydroxyl groups excluding tert-OH is 1. The number of carbonyl (C=O) groups excluding carboxylic acids is 2. The summed E-state index contributed by atoms with van der Waals surface area (Å²) in [5, 5.41) is 9.83. The summed E-state index contributed by atoms with van der Waals surface area (Å²) in [6.07, 6.45) is 0.249. The van der Waals surface area contributed by atoms with Crippen molar-refractivity contribution in [2.75, 3.05) is 40.3 Å². The summed E-state index contributed by atoms with van der Waals surface area (Å²) in [5.41, 5.74) is -1.15. The molecule has 2 atom stereocenters. The average Bonchev–Trinajstić information content (AvgIpc) is 2.68. The summed E-state index contributed by atoms with van der Waals surface area (Å²) in [6, 6.07) is 0.136. The maximum absolute atomic E-state index is 12.4. The number of nitrogens with zero attached hydrogens (tertiary/aromatic N) is 2. The second-order valence-electron chi connectivity index (χ2n) is 6.50. The Balaban J connectivity index is 2.69. The molecule has 0 saturated carbocycles. The van der Waals surface area contributed by atoms with Gasteiger partial charge in [-0.2, -0.15) is 0 Å². The lowest BCUT2D eigenvalue weighted by Crippen LogP contribution is -2.46. The predicted octanol–water partition coefficient (Wildman–Crippen LogP) is 0.142. The lowest BCUT2D eigenvalue weighted by molar-refractivity contribution is -0.158. The molecule has 0 spiro atoms. The van der Waals surface area contributed by atoms with Crippen LogP contribution in [0, 0.1) is 5.41 Å². The minimum absolute atomic E-state index is 0.136. The van der Waals surface area contributed by atoms with Crippen LogP contribution in [0.4, 0.5) is 0 Å². The Labute approximate surface area is 127 Å². The number of likely N-dealkylation sites (tertiary alicyclic amines) is 1. The van der Waals surface area contributed by atoms with E-state index in [9.17, 15) is 14.7 Å². The van der Waals surface area contributed by atoms with Crippen molar-refractivity contribution >= 4 is 11.8 Å². The Kier molecular flexibility index (Phi) is 6.31. The number of aliphatic hydroxyl groups is 1. The van der Waals surface area contributed by atoms with Gasteiger partial charge < -0.3 is 14.7 Å². The first-order valence-electron chi connectivity index (χ1n) is 7.45. The van der Waals surface area contributed by atoms with Gasteiger partial charge in [-0.15, -0.1) is 0 Å². The second-order valence-corrected chi connectivity index (χ2v) is 6.50. The van der Waals surface area contributed by atoms with Crippen LogP contribution >= 0.6 is 0 Å². The van der Waals surface area contributed by atoms with Gasteiger partial charge in [-0.1, -0.05) is 0 Å². The maximum atomic E-state index is 12.4. The van der Waals surface area contributed by atoms with Gasteiger partial charge in [0.1, 0.15) is 5.41 Å². The van der Waals surface area contributed by atoms with Gasteiger partial charge in [0.05, 0.1) is 19.3 Å². The first kappa shape index (κ1) is 18.1. The van der Waals surface area contributed by atoms with Crippen molar-refractivity contribution in [2.45, 2.75) is 39.3 Å². The zero-order chi connectivity index (χ0) is 16.2. The molecule has 6 heteroatoms. The van der Waals surface area contributed by atoms with Crippen molar-refractivity contribution in [3.05, 3.63) is 0 Å². The number of β-amino-alcohol motifs (C(OH)–C–C–N with tert-alkyl or cyclic N) is 1. The number of rotatable bonds is 7. The summed E-state index contributed by atoms with van der Waals surface area (Å²) in [5.74, 6) is -0.655. The molecule has 0 aromatic rings. The van der Waals surface area contributed by atoms with Crippen LogP contribution in [0.3, 0.4) is 0 Å². The van der Waals surface area contributed by atoms with Gasteiger partial charge >= 0.3 is 5.97 Å². The number of likely N-dealkylation sites (N-methyl/N-ethyl adjacent to an activating group) is 1. The highest BCUT2D eigenvalue weighted by atomic mass is 16.5. The van der Waals surface area contributed by atoms with Gasteiger partial charge in [-0.3, -0.25) is 14.5 Å². The molecule has 2 unspecified atom stereocenters. The summed E-state index contributed by atoms with van der Waals surface area (Å²) >= 11 is 0. The third-order valence-corrected chi connectivity index (χ3v) is 3.91. The Hall–Kier alpha value is -0.980. The van der Waals surface area contributed by atoms with Crippen LogP contribution in [0.15, 0.2) is 0 Å². The molecule has 1 heterocycles. The zero-order valence-electron chi connectivity index (χ0n) is 13.8. The molecule has 1 fully saturated rings. The Bertz CT molecular complexity index is 382. The maximum Gasteiger partial charge on any atom is 0.319 e. The van der Waals surface area contributed by atoms with E-state index >= 15 is 0 Å². The number of hydrogen-bond acceptors (Lipinski definition) is 6. The van der Waals surface area contributed by atoms with E-state index in [0.29, 0.717) is 13.0 Å². The van der Waals surface area contributed by atoms with E-state index in [2.05, 4.69) is 0 Å². The highest BCUT2D eigenvalue weighted by Crippen LogP contribution is 2.23. The molecular weight excluding hydrogens is 272 g/mol. The third-order valence-electron chi connectivity index (χ3n) is 3.91. The van der Waals surface area contributed by atoms with Gasteiger partial charge in [0.15, 0.2) is 5.78 Å². The van der Waals surface area contributed by atoms with E-state index in [1.807, 2.05) is 23.9 Å². The molecule has 0 radical (unpaired) electrons.